The molecule has 4 fully saturated rings. The molecule has 44 heavy (non-hydrogen) atoms. The molecule has 0 radical (unpaired) electrons. The Morgan fingerprint density at radius 2 is 1.55 bits per heavy atom. The van der Waals surface area contributed by atoms with Crippen LogP contribution in [0.15, 0.2) is 10.2 Å². The predicted octanol–water partition coefficient (Wildman–Crippen LogP) is -7.87. The number of hydrogen-bond acceptors (Lipinski definition) is 15. The first-order chi connectivity index (χ1) is 19.4. The molecule has 0 spiro atoms. The molecule has 0 aliphatic heterocycles. The van der Waals surface area contributed by atoms with Gasteiger partial charge in [0.15, 0.2) is 0 Å². The third kappa shape index (κ3) is 12.4. The van der Waals surface area contributed by atoms with Crippen molar-refractivity contribution in [3.63, 3.8) is 0 Å². The quantitative estimate of drug-likeness (QED) is 0.0387. The maximum atomic E-state index is 12.2. The van der Waals surface area contributed by atoms with Crippen molar-refractivity contribution in [2.45, 2.75) is 124 Å². The third-order valence-electron chi connectivity index (χ3n) is 9.34. The molecule has 4 aliphatic carbocycles. The van der Waals surface area contributed by atoms with E-state index in [1.54, 1.807) is 0 Å². The van der Waals surface area contributed by atoms with E-state index in [0.717, 1.165) is 32.1 Å². The molecule has 20 heteroatoms. The van der Waals surface area contributed by atoms with Crippen LogP contribution < -0.4 is 99.2 Å². The molecule has 238 valence electrons. The van der Waals surface area contributed by atoms with Crippen molar-refractivity contribution in [2.24, 2.45) is 28.0 Å². The van der Waals surface area contributed by atoms with Crippen molar-refractivity contribution in [1.29, 1.82) is 0 Å². The maximum Gasteiger partial charge on any atom is 1.00 e. The van der Waals surface area contributed by atoms with Crippen LogP contribution in [0.4, 0.5) is 0 Å². The van der Waals surface area contributed by atoms with Gasteiger partial charge in [0.05, 0.1) is 61.0 Å². The van der Waals surface area contributed by atoms with Crippen LogP contribution in [0.25, 0.3) is 0 Å². The van der Waals surface area contributed by atoms with Crippen molar-refractivity contribution in [1.82, 2.24) is 5.32 Å². The van der Waals surface area contributed by atoms with Crippen molar-refractivity contribution >= 4 is 32.3 Å². The fourth-order valence-electron chi connectivity index (χ4n) is 7.14. The number of fused-ring (bicyclic) bond motifs is 1. The molecular weight excluding hydrogens is 671 g/mol. The Bertz CT molecular complexity index is 1110. The summed E-state index contributed by atoms with van der Waals surface area (Å²) in [5.41, 5.74) is 0. The average Bonchev–Trinajstić information content (AvgIpc) is 2.91. The minimum atomic E-state index is -4.69. The van der Waals surface area contributed by atoms with E-state index in [4.69, 9.17) is 4.74 Å². The van der Waals surface area contributed by atoms with Crippen LogP contribution in [0, 0.1) is 17.8 Å². The Labute approximate surface area is 331 Å². The van der Waals surface area contributed by atoms with Crippen molar-refractivity contribution in [3.8, 4) is 0 Å². The largest absolute Gasteiger partial charge is 1.00 e. The van der Waals surface area contributed by atoms with Gasteiger partial charge in [-0.25, -0.2) is 16.8 Å². The molecule has 4 saturated carbocycles. The molecule has 4 rings (SSSR count). The second kappa shape index (κ2) is 20.4. The van der Waals surface area contributed by atoms with Crippen LogP contribution in [0.1, 0.15) is 77.6 Å². The Balaban J connectivity index is 0.00000323. The number of azo groups is 1. The van der Waals surface area contributed by atoms with Gasteiger partial charge in [-0.1, -0.05) is 26.2 Å². The van der Waals surface area contributed by atoms with Crippen LogP contribution in [0.3, 0.4) is 0 Å². The zero-order valence-electron chi connectivity index (χ0n) is 26.0. The number of aliphatic hydroxyl groups excluding tert-OH is 1. The molecule has 0 heterocycles. The van der Waals surface area contributed by atoms with Gasteiger partial charge in [-0.15, -0.1) is 0 Å². The van der Waals surface area contributed by atoms with E-state index < -0.39 is 72.1 Å². The second-order valence-corrected chi connectivity index (χ2v) is 16.2. The van der Waals surface area contributed by atoms with Crippen molar-refractivity contribution < 1.29 is 139 Å². The summed E-state index contributed by atoms with van der Waals surface area (Å²) in [5.74, 6) is -0.832. The van der Waals surface area contributed by atoms with E-state index in [2.05, 4.69) is 24.9 Å². The number of aliphatic hydroxyl groups is 1. The van der Waals surface area contributed by atoms with Gasteiger partial charge < -0.3 is 24.2 Å². The van der Waals surface area contributed by atoms with Gasteiger partial charge in [-0.2, -0.15) is 14.6 Å². The van der Waals surface area contributed by atoms with Crippen LogP contribution in [-0.4, -0.2) is 83.9 Å². The second-order valence-electron chi connectivity index (χ2n) is 12.0. The van der Waals surface area contributed by atoms with E-state index in [9.17, 15) is 36.3 Å². The summed E-state index contributed by atoms with van der Waals surface area (Å²) in [7, 11) is -9.32. The Morgan fingerprint density at radius 3 is 2.16 bits per heavy atom. The smallest absolute Gasteiger partial charge is 0.748 e. The first-order valence-corrected chi connectivity index (χ1v) is 18.1. The van der Waals surface area contributed by atoms with Crippen LogP contribution in [0.2, 0.25) is 0 Å². The van der Waals surface area contributed by atoms with Crippen molar-refractivity contribution in [2.75, 3.05) is 6.73 Å². The first-order valence-electron chi connectivity index (χ1n) is 14.3. The zero-order valence-corrected chi connectivity index (χ0v) is 34.4. The number of hydrogen-bond donors (Lipinski definition) is 2. The zero-order chi connectivity index (χ0) is 29.8. The molecular formula is C24H40N3Na3O11S3. The average molecular weight is 712 g/mol. The predicted molar refractivity (Wildman–Crippen MR) is 143 cm³/mol. The number of ether oxygens (including phenoxy) is 1. The van der Waals surface area contributed by atoms with E-state index in [1.807, 2.05) is 6.92 Å². The topological polar surface area (TPSA) is 222 Å². The minimum Gasteiger partial charge on any atom is -0.748 e. The molecule has 10 atom stereocenters. The molecule has 0 aromatic rings. The molecule has 14 nitrogen and oxygen atoms in total. The van der Waals surface area contributed by atoms with E-state index in [-0.39, 0.29) is 133 Å². The summed E-state index contributed by atoms with van der Waals surface area (Å²) in [6, 6.07) is -2.58. The van der Waals surface area contributed by atoms with Crippen LogP contribution in [-0.2, 0) is 34.3 Å². The maximum absolute atomic E-state index is 12.2. The third-order valence-corrected chi connectivity index (χ3v) is 12.7. The summed E-state index contributed by atoms with van der Waals surface area (Å²) < 4.78 is 82.9. The summed E-state index contributed by atoms with van der Waals surface area (Å²) in [6.45, 7) is 1.95. The van der Waals surface area contributed by atoms with Gasteiger partial charge in [-0.05, 0) is 69.1 Å². The summed E-state index contributed by atoms with van der Waals surface area (Å²) >= 11 is 0.606. The Morgan fingerprint density at radius 1 is 0.886 bits per heavy atom. The van der Waals surface area contributed by atoms with Gasteiger partial charge in [0.1, 0.15) is 6.04 Å². The summed E-state index contributed by atoms with van der Waals surface area (Å²) in [5, 5.41) is 34.0. The Hall–Kier alpha value is 2.53. The molecule has 4 aliphatic rings. The molecule has 0 saturated heterocycles. The molecule has 2 N–H and O–H groups in total. The molecule has 0 amide bonds. The SMILES string of the molecule is CC1CCC(N=NC2C(SOO[O-])CC3CC(S(=O)(=O)[O-])C(NCOC4CCCCC4)CC3C2O)C(S(=O)(=O)[O-])C1.[Na+].[Na+].[Na+]. The normalized spacial score (nSPS) is 36.8. The first kappa shape index (κ1) is 44.6. The monoisotopic (exact) mass is 711 g/mol. The number of rotatable bonds is 11. The summed E-state index contributed by atoms with van der Waals surface area (Å²) in [6.07, 6.45) is 5.62. The minimum absolute atomic E-state index is 0. The fraction of sp³-hybridized carbons (Fsp3) is 1.00. The van der Waals surface area contributed by atoms with Crippen LogP contribution >= 0.6 is 12.0 Å². The van der Waals surface area contributed by atoms with E-state index in [0.29, 0.717) is 24.9 Å². The van der Waals surface area contributed by atoms with E-state index in [1.165, 1.54) is 0 Å². The molecule has 0 aromatic heterocycles. The van der Waals surface area contributed by atoms with Crippen LogP contribution in [0.5, 0.6) is 0 Å². The van der Waals surface area contributed by atoms with Crippen molar-refractivity contribution in [3.05, 3.63) is 0 Å². The Kier molecular flexibility index (Phi) is 20.7. The molecule has 0 bridgehead atoms. The molecule has 0 aromatic carbocycles. The van der Waals surface area contributed by atoms with E-state index >= 15 is 0 Å². The van der Waals surface area contributed by atoms with Gasteiger partial charge in [0.2, 0.25) is 0 Å². The summed E-state index contributed by atoms with van der Waals surface area (Å²) in [4.78, 5) is 0. The standard InChI is InChI=1S/C24H43N3O11S3.3Na/c1-14-7-8-18(21(9-14)40(30,31)32)26-27-23-20(39-38-37-29)10-15-11-22(41(33,34)35)19(12-17(15)24(23)28)25-13-36-16-5-3-2-4-6-16;;;/h14-25,28-29H,2-13H2,1H3,(H,30,31,32)(H,33,34,35);;;/q;3*+1/p-3. The molecule has 10 unspecified atom stereocenters. The number of nitrogens with zero attached hydrogens (tertiary/aromatic N) is 2. The fourth-order valence-corrected chi connectivity index (χ4v) is 10.2. The van der Waals surface area contributed by atoms with Gasteiger partial charge >= 0.3 is 88.7 Å². The van der Waals surface area contributed by atoms with Gasteiger partial charge in [0, 0.05) is 18.1 Å². The van der Waals surface area contributed by atoms with Gasteiger partial charge in [0.25, 0.3) is 0 Å². The number of nitrogens with one attached hydrogen (secondary N) is 1. The van der Waals surface area contributed by atoms with Gasteiger partial charge in [-0.3, -0.25) is 10.4 Å².